The summed E-state index contributed by atoms with van der Waals surface area (Å²) in [6.45, 7) is 0.968. The van der Waals surface area contributed by atoms with Crippen LogP contribution >= 0.6 is 12.4 Å². The van der Waals surface area contributed by atoms with Crippen LogP contribution in [0.3, 0.4) is 0 Å². The SMILES string of the molecule is COc1cc2c(c(OC)c1)C(Cc1ccc(-c3ccccc3)cc1)NCC2.Cl. The molecule has 1 unspecified atom stereocenters. The molecule has 1 aliphatic rings. The fourth-order valence-electron chi connectivity index (χ4n) is 3.90. The van der Waals surface area contributed by atoms with E-state index in [0.29, 0.717) is 0 Å². The number of fused-ring (bicyclic) bond motifs is 1. The van der Waals surface area contributed by atoms with Gasteiger partial charge in [0.25, 0.3) is 0 Å². The third-order valence-corrected chi connectivity index (χ3v) is 5.29. The standard InChI is InChI=1S/C24H25NO2.ClH/c1-26-21-15-20-12-13-25-22(24(20)23(16-21)27-2)14-17-8-10-19(11-9-17)18-6-4-3-5-7-18;/h3-11,15-16,22,25H,12-14H2,1-2H3;1H. The first kappa shape index (κ1) is 20.2. The molecule has 0 aromatic heterocycles. The highest BCUT2D eigenvalue weighted by atomic mass is 35.5. The van der Waals surface area contributed by atoms with Crippen molar-refractivity contribution in [3.63, 3.8) is 0 Å². The maximum absolute atomic E-state index is 5.68. The predicted molar refractivity (Wildman–Crippen MR) is 117 cm³/mol. The number of nitrogens with one attached hydrogen (secondary N) is 1. The van der Waals surface area contributed by atoms with Crippen molar-refractivity contribution in [2.24, 2.45) is 0 Å². The lowest BCUT2D eigenvalue weighted by Gasteiger charge is -2.29. The maximum Gasteiger partial charge on any atom is 0.127 e. The van der Waals surface area contributed by atoms with Gasteiger partial charge in [-0.3, -0.25) is 0 Å². The average Bonchev–Trinajstić information content (AvgIpc) is 2.74. The van der Waals surface area contributed by atoms with E-state index in [1.165, 1.54) is 27.8 Å². The Balaban J connectivity index is 0.00000225. The van der Waals surface area contributed by atoms with Crippen LogP contribution in [0.25, 0.3) is 11.1 Å². The van der Waals surface area contributed by atoms with Crippen LogP contribution in [0.4, 0.5) is 0 Å². The molecule has 3 aromatic rings. The largest absolute Gasteiger partial charge is 0.497 e. The third-order valence-electron chi connectivity index (χ3n) is 5.29. The Morgan fingerprint density at radius 2 is 1.61 bits per heavy atom. The summed E-state index contributed by atoms with van der Waals surface area (Å²) in [5.74, 6) is 1.76. The van der Waals surface area contributed by atoms with Gasteiger partial charge in [0.05, 0.1) is 14.2 Å². The quantitative estimate of drug-likeness (QED) is 0.642. The lowest BCUT2D eigenvalue weighted by Crippen LogP contribution is -2.31. The van der Waals surface area contributed by atoms with Gasteiger partial charge in [0, 0.05) is 17.7 Å². The van der Waals surface area contributed by atoms with Crippen molar-refractivity contribution >= 4 is 12.4 Å². The Bertz CT molecular complexity index is 893. The number of hydrogen-bond acceptors (Lipinski definition) is 3. The molecule has 0 amide bonds. The van der Waals surface area contributed by atoms with E-state index in [4.69, 9.17) is 9.47 Å². The van der Waals surface area contributed by atoms with Gasteiger partial charge >= 0.3 is 0 Å². The van der Waals surface area contributed by atoms with Crippen LogP contribution in [-0.4, -0.2) is 20.8 Å². The molecule has 28 heavy (non-hydrogen) atoms. The van der Waals surface area contributed by atoms with E-state index in [9.17, 15) is 0 Å². The van der Waals surface area contributed by atoms with E-state index in [0.717, 1.165) is 30.9 Å². The minimum absolute atomic E-state index is 0. The first-order chi connectivity index (χ1) is 13.3. The van der Waals surface area contributed by atoms with Crippen LogP contribution in [0.5, 0.6) is 11.5 Å². The number of halogens is 1. The van der Waals surface area contributed by atoms with Crippen LogP contribution in [0.15, 0.2) is 66.7 Å². The van der Waals surface area contributed by atoms with Crippen molar-refractivity contribution in [3.8, 4) is 22.6 Å². The first-order valence-electron chi connectivity index (χ1n) is 9.41. The van der Waals surface area contributed by atoms with Crippen molar-refractivity contribution in [2.75, 3.05) is 20.8 Å². The highest BCUT2D eigenvalue weighted by molar-refractivity contribution is 5.85. The molecule has 1 atom stereocenters. The number of methoxy groups -OCH3 is 2. The van der Waals surface area contributed by atoms with Crippen LogP contribution in [0.2, 0.25) is 0 Å². The molecule has 4 heteroatoms. The molecule has 4 rings (SSSR count). The van der Waals surface area contributed by atoms with Gasteiger partial charge in [0.15, 0.2) is 0 Å². The smallest absolute Gasteiger partial charge is 0.127 e. The van der Waals surface area contributed by atoms with E-state index in [-0.39, 0.29) is 18.4 Å². The molecule has 0 aliphatic carbocycles. The van der Waals surface area contributed by atoms with Crippen LogP contribution in [0.1, 0.15) is 22.7 Å². The van der Waals surface area contributed by atoms with Crippen LogP contribution in [-0.2, 0) is 12.8 Å². The van der Waals surface area contributed by atoms with E-state index in [2.05, 4.69) is 59.9 Å². The van der Waals surface area contributed by atoms with Crippen molar-refractivity contribution in [1.82, 2.24) is 5.32 Å². The summed E-state index contributed by atoms with van der Waals surface area (Å²) in [6, 6.07) is 23.7. The second-order valence-corrected chi connectivity index (χ2v) is 6.93. The summed E-state index contributed by atoms with van der Waals surface area (Å²) in [7, 11) is 3.43. The third kappa shape index (κ3) is 4.16. The normalized spacial score (nSPS) is 15.3. The molecule has 0 bridgehead atoms. The Hall–Kier alpha value is -2.49. The molecular formula is C24H26ClNO2. The fourth-order valence-corrected chi connectivity index (χ4v) is 3.90. The Morgan fingerprint density at radius 3 is 2.29 bits per heavy atom. The second-order valence-electron chi connectivity index (χ2n) is 6.93. The molecule has 0 saturated heterocycles. The highest BCUT2D eigenvalue weighted by Gasteiger charge is 2.25. The van der Waals surface area contributed by atoms with Gasteiger partial charge < -0.3 is 14.8 Å². The Kier molecular flexibility index (Phi) is 6.61. The van der Waals surface area contributed by atoms with Crippen molar-refractivity contribution < 1.29 is 9.47 Å². The minimum atomic E-state index is 0. The minimum Gasteiger partial charge on any atom is -0.497 e. The monoisotopic (exact) mass is 395 g/mol. The van der Waals surface area contributed by atoms with Gasteiger partial charge in [-0.1, -0.05) is 54.6 Å². The van der Waals surface area contributed by atoms with Gasteiger partial charge in [-0.05, 0) is 47.7 Å². The molecule has 0 saturated carbocycles. The number of benzene rings is 3. The molecule has 0 spiro atoms. The summed E-state index contributed by atoms with van der Waals surface area (Å²) in [6.07, 6.45) is 1.93. The van der Waals surface area contributed by atoms with E-state index in [1.54, 1.807) is 14.2 Å². The molecular weight excluding hydrogens is 370 g/mol. The number of ether oxygens (including phenoxy) is 2. The first-order valence-corrected chi connectivity index (χ1v) is 9.41. The lowest BCUT2D eigenvalue weighted by molar-refractivity contribution is 0.377. The Labute approximate surface area is 173 Å². The van der Waals surface area contributed by atoms with Gasteiger partial charge in [0.1, 0.15) is 11.5 Å². The predicted octanol–water partition coefficient (Wildman–Crippen LogP) is 5.22. The number of hydrogen-bond donors (Lipinski definition) is 1. The Morgan fingerprint density at radius 1 is 0.893 bits per heavy atom. The number of rotatable bonds is 5. The zero-order valence-corrected chi connectivity index (χ0v) is 17.1. The summed E-state index contributed by atoms with van der Waals surface area (Å²) < 4.78 is 11.1. The molecule has 1 N–H and O–H groups in total. The summed E-state index contributed by atoms with van der Waals surface area (Å²) in [5, 5.41) is 3.66. The van der Waals surface area contributed by atoms with Crippen molar-refractivity contribution in [3.05, 3.63) is 83.4 Å². The topological polar surface area (TPSA) is 30.5 Å². The maximum atomic E-state index is 5.68. The lowest BCUT2D eigenvalue weighted by atomic mass is 9.89. The molecule has 3 nitrogen and oxygen atoms in total. The van der Waals surface area contributed by atoms with Gasteiger partial charge in [0.2, 0.25) is 0 Å². The highest BCUT2D eigenvalue weighted by Crippen LogP contribution is 2.37. The van der Waals surface area contributed by atoms with Crippen molar-refractivity contribution in [2.45, 2.75) is 18.9 Å². The molecule has 146 valence electrons. The molecule has 1 aliphatic heterocycles. The summed E-state index contributed by atoms with van der Waals surface area (Å²) >= 11 is 0. The van der Waals surface area contributed by atoms with Crippen molar-refractivity contribution in [1.29, 1.82) is 0 Å². The molecule has 0 fully saturated rings. The van der Waals surface area contributed by atoms with Crippen LogP contribution in [0, 0.1) is 0 Å². The average molecular weight is 396 g/mol. The van der Waals surface area contributed by atoms with Gasteiger partial charge in [-0.15, -0.1) is 12.4 Å². The fraction of sp³-hybridized carbons (Fsp3) is 0.250. The molecule has 0 radical (unpaired) electrons. The van der Waals surface area contributed by atoms with Gasteiger partial charge in [-0.2, -0.15) is 0 Å². The zero-order valence-electron chi connectivity index (χ0n) is 16.3. The van der Waals surface area contributed by atoms with E-state index in [1.807, 2.05) is 12.1 Å². The zero-order chi connectivity index (χ0) is 18.6. The van der Waals surface area contributed by atoms with E-state index < -0.39 is 0 Å². The summed E-state index contributed by atoms with van der Waals surface area (Å²) in [4.78, 5) is 0. The summed E-state index contributed by atoms with van der Waals surface area (Å²) in [5.41, 5.74) is 6.39. The van der Waals surface area contributed by atoms with E-state index >= 15 is 0 Å². The second kappa shape index (κ2) is 9.13. The van der Waals surface area contributed by atoms with Gasteiger partial charge in [-0.25, -0.2) is 0 Å². The molecule has 3 aromatic carbocycles. The molecule has 1 heterocycles. The van der Waals surface area contributed by atoms with Crippen LogP contribution < -0.4 is 14.8 Å².